The first-order valence-electron chi connectivity index (χ1n) is 6.66. The van der Waals surface area contributed by atoms with E-state index in [4.69, 9.17) is 21.1 Å². The summed E-state index contributed by atoms with van der Waals surface area (Å²) in [6.07, 6.45) is 0. The lowest BCUT2D eigenvalue weighted by Crippen LogP contribution is -2.21. The Balaban J connectivity index is 1.99. The molecule has 1 N–H and O–H groups in total. The smallest absolute Gasteiger partial charge is 0.342 e. The highest BCUT2D eigenvalue weighted by Crippen LogP contribution is 2.23. The van der Waals surface area contributed by atoms with Gasteiger partial charge in [-0.2, -0.15) is 0 Å². The molecule has 0 saturated heterocycles. The van der Waals surface area contributed by atoms with E-state index in [-0.39, 0.29) is 17.0 Å². The summed E-state index contributed by atoms with van der Waals surface area (Å²) in [4.78, 5) is 23.7. The second-order valence-electron chi connectivity index (χ2n) is 4.59. The number of anilines is 1. The Morgan fingerprint density at radius 1 is 1.17 bits per heavy atom. The predicted molar refractivity (Wildman–Crippen MR) is 83.3 cm³/mol. The van der Waals surface area contributed by atoms with Crippen molar-refractivity contribution in [2.24, 2.45) is 0 Å². The molecule has 2 aromatic rings. The van der Waals surface area contributed by atoms with Gasteiger partial charge in [-0.1, -0.05) is 11.6 Å². The first kappa shape index (κ1) is 17.7. The van der Waals surface area contributed by atoms with Crippen LogP contribution in [0.1, 0.15) is 10.4 Å². The minimum Gasteiger partial charge on any atom is -0.496 e. The molecule has 8 heteroatoms. The quantitative estimate of drug-likeness (QED) is 0.835. The van der Waals surface area contributed by atoms with Crippen molar-refractivity contribution in [3.05, 3.63) is 58.6 Å². The first-order chi connectivity index (χ1) is 11.4. The molecule has 0 heterocycles. The van der Waals surface area contributed by atoms with E-state index in [0.29, 0.717) is 11.1 Å². The number of hydrogen-bond donors (Lipinski definition) is 1. The SMILES string of the molecule is COc1ccc(Cl)cc1C(=O)OCC(=O)Nc1ccc(F)cc1F. The van der Waals surface area contributed by atoms with Gasteiger partial charge in [0.15, 0.2) is 6.61 Å². The molecule has 0 atom stereocenters. The van der Waals surface area contributed by atoms with Gasteiger partial charge in [-0.15, -0.1) is 0 Å². The number of nitrogens with one attached hydrogen (secondary N) is 1. The van der Waals surface area contributed by atoms with Crippen molar-refractivity contribution in [2.45, 2.75) is 0 Å². The number of amides is 1. The van der Waals surface area contributed by atoms with Crippen LogP contribution in [0.4, 0.5) is 14.5 Å². The normalized spacial score (nSPS) is 10.2. The van der Waals surface area contributed by atoms with Crippen molar-refractivity contribution in [2.75, 3.05) is 19.0 Å². The van der Waals surface area contributed by atoms with E-state index in [1.54, 1.807) is 0 Å². The molecule has 0 saturated carbocycles. The number of hydrogen-bond acceptors (Lipinski definition) is 4. The Kier molecular flexibility index (Phi) is 5.70. The van der Waals surface area contributed by atoms with Gasteiger partial charge in [-0.05, 0) is 30.3 Å². The number of rotatable bonds is 5. The number of halogens is 3. The Hall–Kier alpha value is -2.67. The third-order valence-electron chi connectivity index (χ3n) is 2.92. The van der Waals surface area contributed by atoms with Crippen LogP contribution in [-0.4, -0.2) is 25.6 Å². The number of benzene rings is 2. The highest BCUT2D eigenvalue weighted by Gasteiger charge is 2.16. The largest absolute Gasteiger partial charge is 0.496 e. The summed E-state index contributed by atoms with van der Waals surface area (Å²) in [5, 5.41) is 2.46. The van der Waals surface area contributed by atoms with Gasteiger partial charge in [0.25, 0.3) is 5.91 Å². The van der Waals surface area contributed by atoms with E-state index in [2.05, 4.69) is 5.32 Å². The molecule has 0 unspecified atom stereocenters. The Labute approximate surface area is 141 Å². The van der Waals surface area contributed by atoms with Crippen LogP contribution in [0.2, 0.25) is 5.02 Å². The zero-order valence-electron chi connectivity index (χ0n) is 12.4. The predicted octanol–water partition coefficient (Wildman–Crippen LogP) is 3.42. The van der Waals surface area contributed by atoms with E-state index < -0.39 is 30.1 Å². The maximum absolute atomic E-state index is 13.4. The van der Waals surface area contributed by atoms with Crippen LogP contribution >= 0.6 is 11.6 Å². The number of methoxy groups -OCH3 is 1. The fraction of sp³-hybridized carbons (Fsp3) is 0.125. The summed E-state index contributed by atoms with van der Waals surface area (Å²) in [7, 11) is 1.37. The zero-order valence-corrected chi connectivity index (χ0v) is 13.2. The van der Waals surface area contributed by atoms with E-state index >= 15 is 0 Å². The number of carbonyl (C=O) groups is 2. The van der Waals surface area contributed by atoms with Crippen molar-refractivity contribution in [1.82, 2.24) is 0 Å². The maximum Gasteiger partial charge on any atom is 0.342 e. The third-order valence-corrected chi connectivity index (χ3v) is 3.16. The van der Waals surface area contributed by atoms with Gasteiger partial charge in [-0.25, -0.2) is 13.6 Å². The molecule has 0 bridgehead atoms. The van der Waals surface area contributed by atoms with Crippen LogP contribution in [0.3, 0.4) is 0 Å². The topological polar surface area (TPSA) is 64.6 Å². The van der Waals surface area contributed by atoms with Gasteiger partial charge in [0.2, 0.25) is 0 Å². The standard InChI is InChI=1S/C16H12ClF2NO4/c1-23-14-5-2-9(17)6-11(14)16(22)24-8-15(21)20-13-4-3-10(18)7-12(13)19/h2-7H,8H2,1H3,(H,20,21). The molecule has 0 aliphatic heterocycles. The second-order valence-corrected chi connectivity index (χ2v) is 5.03. The van der Waals surface area contributed by atoms with E-state index in [0.717, 1.165) is 12.1 Å². The average Bonchev–Trinajstić information content (AvgIpc) is 2.55. The minimum atomic E-state index is -0.939. The lowest BCUT2D eigenvalue weighted by molar-refractivity contribution is -0.119. The molecule has 2 aromatic carbocycles. The molecular formula is C16H12ClF2NO4. The van der Waals surface area contributed by atoms with Gasteiger partial charge in [0.05, 0.1) is 12.8 Å². The molecule has 1 amide bonds. The zero-order chi connectivity index (χ0) is 17.7. The van der Waals surface area contributed by atoms with Gasteiger partial charge < -0.3 is 14.8 Å². The van der Waals surface area contributed by atoms with Crippen molar-refractivity contribution in [1.29, 1.82) is 0 Å². The summed E-state index contributed by atoms with van der Waals surface area (Å²) in [5.41, 5.74) is -0.177. The summed E-state index contributed by atoms with van der Waals surface area (Å²) in [6.45, 7) is -0.661. The lowest BCUT2D eigenvalue weighted by Gasteiger charge is -2.10. The Morgan fingerprint density at radius 2 is 1.92 bits per heavy atom. The van der Waals surface area contributed by atoms with E-state index in [1.807, 2.05) is 0 Å². The maximum atomic E-state index is 13.4. The Morgan fingerprint density at radius 3 is 2.58 bits per heavy atom. The first-order valence-corrected chi connectivity index (χ1v) is 7.04. The van der Waals surface area contributed by atoms with Crippen molar-refractivity contribution < 1.29 is 27.8 Å². The summed E-state index contributed by atoms with van der Waals surface area (Å²) in [6, 6.07) is 7.01. The van der Waals surface area contributed by atoms with Crippen molar-refractivity contribution >= 4 is 29.2 Å². The van der Waals surface area contributed by atoms with Crippen LogP contribution < -0.4 is 10.1 Å². The van der Waals surface area contributed by atoms with Crippen molar-refractivity contribution in [3.63, 3.8) is 0 Å². The van der Waals surface area contributed by atoms with Gasteiger partial charge in [0.1, 0.15) is 22.9 Å². The summed E-state index contributed by atoms with van der Waals surface area (Å²) < 4.78 is 36.1. The van der Waals surface area contributed by atoms with Crippen LogP contribution in [0, 0.1) is 11.6 Å². The fourth-order valence-corrected chi connectivity index (χ4v) is 2.00. The van der Waals surface area contributed by atoms with E-state index in [1.165, 1.54) is 25.3 Å². The fourth-order valence-electron chi connectivity index (χ4n) is 1.83. The summed E-state index contributed by atoms with van der Waals surface area (Å²) in [5.74, 6) is -3.09. The van der Waals surface area contributed by atoms with Crippen LogP contribution in [0.5, 0.6) is 5.75 Å². The van der Waals surface area contributed by atoms with Crippen molar-refractivity contribution in [3.8, 4) is 5.75 Å². The van der Waals surface area contributed by atoms with Gasteiger partial charge in [0, 0.05) is 11.1 Å². The lowest BCUT2D eigenvalue weighted by atomic mass is 10.2. The van der Waals surface area contributed by atoms with Crippen LogP contribution in [0.15, 0.2) is 36.4 Å². The number of esters is 1. The molecule has 0 aliphatic carbocycles. The molecule has 24 heavy (non-hydrogen) atoms. The molecule has 126 valence electrons. The third kappa shape index (κ3) is 4.42. The highest BCUT2D eigenvalue weighted by atomic mass is 35.5. The second kappa shape index (κ2) is 7.74. The Bertz CT molecular complexity index is 783. The molecule has 0 fully saturated rings. The molecule has 0 aliphatic rings. The molecule has 5 nitrogen and oxygen atoms in total. The molecule has 2 rings (SSSR count). The minimum absolute atomic E-state index is 0.0470. The average molecular weight is 356 g/mol. The molecule has 0 radical (unpaired) electrons. The molecular weight excluding hydrogens is 344 g/mol. The molecule has 0 aromatic heterocycles. The monoisotopic (exact) mass is 355 g/mol. The van der Waals surface area contributed by atoms with Gasteiger partial charge in [-0.3, -0.25) is 4.79 Å². The van der Waals surface area contributed by atoms with Gasteiger partial charge >= 0.3 is 5.97 Å². The highest BCUT2D eigenvalue weighted by molar-refractivity contribution is 6.31. The summed E-state index contributed by atoms with van der Waals surface area (Å²) >= 11 is 5.80. The molecule has 0 spiro atoms. The number of carbonyl (C=O) groups excluding carboxylic acids is 2. The van der Waals surface area contributed by atoms with Crippen LogP contribution in [0.25, 0.3) is 0 Å². The van der Waals surface area contributed by atoms with E-state index in [9.17, 15) is 18.4 Å². The van der Waals surface area contributed by atoms with Crippen LogP contribution in [-0.2, 0) is 9.53 Å². The number of ether oxygens (including phenoxy) is 2.